The Balaban J connectivity index is 2.61. The maximum atomic E-state index is 10.9. The van der Waals surface area contributed by atoms with Gasteiger partial charge < -0.3 is 9.84 Å². The summed E-state index contributed by atoms with van der Waals surface area (Å²) >= 11 is 1.08. The highest BCUT2D eigenvalue weighted by atomic mass is 32.1. The summed E-state index contributed by atoms with van der Waals surface area (Å²) in [7, 11) is 0. The molecule has 1 aromatic heterocycles. The van der Waals surface area contributed by atoms with Gasteiger partial charge in [0.1, 0.15) is 10.5 Å². The predicted molar refractivity (Wildman–Crippen MR) is 68.6 cm³/mol. The number of rotatable bonds is 4. The number of aromatic hydroxyl groups is 1. The summed E-state index contributed by atoms with van der Waals surface area (Å²) in [4.78, 5) is 14.5. The lowest BCUT2D eigenvalue weighted by molar-refractivity contribution is -0.383. The van der Waals surface area contributed by atoms with Crippen molar-refractivity contribution >= 4 is 33.0 Å². The maximum absolute atomic E-state index is 10.9. The van der Waals surface area contributed by atoms with Crippen molar-refractivity contribution in [1.29, 1.82) is 0 Å². The van der Waals surface area contributed by atoms with E-state index in [1.165, 1.54) is 12.1 Å². The monoisotopic (exact) mass is 266 g/mol. The number of benzene rings is 1. The molecule has 0 bridgehead atoms. The van der Waals surface area contributed by atoms with Gasteiger partial charge in [0.25, 0.3) is 0 Å². The summed E-state index contributed by atoms with van der Waals surface area (Å²) < 4.78 is 5.52. The fourth-order valence-corrected chi connectivity index (χ4v) is 2.50. The van der Waals surface area contributed by atoms with Gasteiger partial charge in [-0.3, -0.25) is 10.1 Å². The third-order valence-electron chi connectivity index (χ3n) is 2.25. The number of phenolic OH excluding ortho intramolecular Hbond substituents is 1. The number of nitro benzene ring substituents is 1. The van der Waals surface area contributed by atoms with E-state index in [0.29, 0.717) is 27.6 Å². The van der Waals surface area contributed by atoms with Gasteiger partial charge >= 0.3 is 5.69 Å². The minimum atomic E-state index is -0.622. The van der Waals surface area contributed by atoms with Gasteiger partial charge in [-0.25, -0.2) is 4.98 Å². The van der Waals surface area contributed by atoms with Crippen LogP contribution in [0.25, 0.3) is 16.0 Å². The fraction of sp³-hybridized carbons (Fsp3) is 0.182. The van der Waals surface area contributed by atoms with Crippen molar-refractivity contribution in [2.45, 2.75) is 6.92 Å². The summed E-state index contributed by atoms with van der Waals surface area (Å²) in [6.45, 7) is 5.96. The van der Waals surface area contributed by atoms with E-state index in [-0.39, 0.29) is 11.4 Å². The van der Waals surface area contributed by atoms with Crippen molar-refractivity contribution in [2.24, 2.45) is 0 Å². The molecule has 0 amide bonds. The minimum absolute atomic E-state index is 0.316. The highest BCUT2D eigenvalue weighted by Crippen LogP contribution is 2.39. The Kier molecular flexibility index (Phi) is 3.15. The Morgan fingerprint density at radius 3 is 3.00 bits per heavy atom. The van der Waals surface area contributed by atoms with Crippen LogP contribution in [-0.4, -0.2) is 21.6 Å². The smallest absolute Gasteiger partial charge is 0.329 e. The number of hydrogen-bond donors (Lipinski definition) is 1. The fourth-order valence-electron chi connectivity index (χ4n) is 1.50. The van der Waals surface area contributed by atoms with Crippen LogP contribution in [0.4, 0.5) is 5.69 Å². The van der Waals surface area contributed by atoms with E-state index in [4.69, 9.17) is 4.74 Å². The number of thiazole rings is 1. The molecule has 0 spiro atoms. The molecule has 0 unspecified atom stereocenters. The predicted octanol–water partition coefficient (Wildman–Crippen LogP) is 2.92. The van der Waals surface area contributed by atoms with Crippen molar-refractivity contribution in [2.75, 3.05) is 6.61 Å². The van der Waals surface area contributed by atoms with Gasteiger partial charge in [0.05, 0.1) is 17.0 Å². The average Bonchev–Trinajstić information content (AvgIpc) is 2.72. The first kappa shape index (κ1) is 12.3. The normalized spacial score (nSPS) is 10.5. The summed E-state index contributed by atoms with van der Waals surface area (Å²) in [6, 6.07) is 2.78. The number of fused-ring (bicyclic) bond motifs is 1. The first-order valence-corrected chi connectivity index (χ1v) is 5.95. The molecule has 0 atom stereocenters. The van der Waals surface area contributed by atoms with Crippen molar-refractivity contribution in [3.8, 4) is 5.75 Å². The summed E-state index contributed by atoms with van der Waals surface area (Å²) in [5.41, 5.74) is 0.112. The minimum Gasteiger partial charge on any atom is -0.502 e. The molecule has 0 radical (unpaired) electrons. The molecule has 2 aromatic rings. The first-order chi connectivity index (χ1) is 8.54. The molecule has 1 heterocycles. The lowest BCUT2D eigenvalue weighted by atomic mass is 10.3. The Bertz CT molecular complexity index is 635. The lowest BCUT2D eigenvalue weighted by Crippen LogP contribution is -1.88. The molecule has 2 rings (SSSR count). The SMILES string of the molecule is C=C(OCC)c1nc2ccc(O)c([N+](=O)[O-])c2s1. The van der Waals surface area contributed by atoms with Crippen LogP contribution in [-0.2, 0) is 4.74 Å². The molecular weight excluding hydrogens is 256 g/mol. The van der Waals surface area contributed by atoms with Crippen LogP contribution < -0.4 is 0 Å². The zero-order valence-corrected chi connectivity index (χ0v) is 10.4. The Morgan fingerprint density at radius 2 is 2.39 bits per heavy atom. The summed E-state index contributed by atoms with van der Waals surface area (Å²) in [5.74, 6) is -0.00258. The lowest BCUT2D eigenvalue weighted by Gasteiger charge is -2.00. The van der Waals surface area contributed by atoms with Crippen LogP contribution in [0.5, 0.6) is 5.75 Å². The number of aromatic nitrogens is 1. The summed E-state index contributed by atoms with van der Waals surface area (Å²) in [6.07, 6.45) is 0. The standard InChI is InChI=1S/C11H10N2O4S/c1-3-17-6(2)11-12-7-4-5-8(14)9(13(15)16)10(7)18-11/h4-5,14H,2-3H2,1H3. The van der Waals surface area contributed by atoms with E-state index in [0.717, 1.165) is 11.3 Å². The van der Waals surface area contributed by atoms with Crippen LogP contribution >= 0.6 is 11.3 Å². The van der Waals surface area contributed by atoms with Crippen LogP contribution in [0.2, 0.25) is 0 Å². The quantitative estimate of drug-likeness (QED) is 0.522. The van der Waals surface area contributed by atoms with E-state index < -0.39 is 4.92 Å². The van der Waals surface area contributed by atoms with E-state index in [1.807, 2.05) is 6.92 Å². The average molecular weight is 266 g/mol. The molecule has 0 aliphatic rings. The second kappa shape index (κ2) is 4.61. The van der Waals surface area contributed by atoms with Crippen LogP contribution in [0, 0.1) is 10.1 Å². The van der Waals surface area contributed by atoms with Crippen molar-refractivity contribution < 1.29 is 14.8 Å². The maximum Gasteiger partial charge on any atom is 0.329 e. The molecule has 0 aliphatic heterocycles. The number of ether oxygens (including phenoxy) is 1. The molecule has 0 aliphatic carbocycles. The highest BCUT2D eigenvalue weighted by molar-refractivity contribution is 7.20. The van der Waals surface area contributed by atoms with E-state index >= 15 is 0 Å². The van der Waals surface area contributed by atoms with Gasteiger partial charge in [-0.05, 0) is 19.1 Å². The zero-order chi connectivity index (χ0) is 13.3. The molecule has 1 aromatic carbocycles. The molecule has 0 fully saturated rings. The molecule has 7 heteroatoms. The Labute approximate surface area is 106 Å². The third kappa shape index (κ3) is 2.00. The number of phenols is 1. The van der Waals surface area contributed by atoms with E-state index in [1.54, 1.807) is 0 Å². The highest BCUT2D eigenvalue weighted by Gasteiger charge is 2.22. The summed E-state index contributed by atoms with van der Waals surface area (Å²) in [5, 5.41) is 20.9. The van der Waals surface area contributed by atoms with E-state index in [9.17, 15) is 15.2 Å². The van der Waals surface area contributed by atoms with Crippen molar-refractivity contribution in [1.82, 2.24) is 4.98 Å². The Hall–Kier alpha value is -2.15. The number of nitrogens with zero attached hydrogens (tertiary/aromatic N) is 2. The molecule has 18 heavy (non-hydrogen) atoms. The van der Waals surface area contributed by atoms with Gasteiger partial charge in [-0.1, -0.05) is 6.58 Å². The largest absolute Gasteiger partial charge is 0.502 e. The van der Waals surface area contributed by atoms with Gasteiger partial charge in [0.15, 0.2) is 10.8 Å². The van der Waals surface area contributed by atoms with Gasteiger partial charge in [0, 0.05) is 0 Å². The molecule has 0 saturated heterocycles. The molecule has 0 saturated carbocycles. The van der Waals surface area contributed by atoms with E-state index in [2.05, 4.69) is 11.6 Å². The first-order valence-electron chi connectivity index (χ1n) is 5.13. The van der Waals surface area contributed by atoms with Crippen LogP contribution in [0.15, 0.2) is 18.7 Å². The van der Waals surface area contributed by atoms with Crippen LogP contribution in [0.1, 0.15) is 11.9 Å². The number of hydrogen-bond acceptors (Lipinski definition) is 6. The molecule has 1 N–H and O–H groups in total. The Morgan fingerprint density at radius 1 is 1.67 bits per heavy atom. The zero-order valence-electron chi connectivity index (χ0n) is 9.54. The molecule has 6 nitrogen and oxygen atoms in total. The third-order valence-corrected chi connectivity index (χ3v) is 3.37. The topological polar surface area (TPSA) is 85.5 Å². The van der Waals surface area contributed by atoms with Gasteiger partial charge in [-0.2, -0.15) is 0 Å². The van der Waals surface area contributed by atoms with Crippen LogP contribution in [0.3, 0.4) is 0 Å². The van der Waals surface area contributed by atoms with Crippen molar-refractivity contribution in [3.63, 3.8) is 0 Å². The van der Waals surface area contributed by atoms with Gasteiger partial charge in [-0.15, -0.1) is 11.3 Å². The molecular formula is C11H10N2O4S. The number of nitro groups is 1. The second-order valence-corrected chi connectivity index (χ2v) is 4.41. The van der Waals surface area contributed by atoms with Crippen molar-refractivity contribution in [3.05, 3.63) is 33.8 Å². The second-order valence-electron chi connectivity index (χ2n) is 3.41. The molecule has 94 valence electrons. The van der Waals surface area contributed by atoms with Gasteiger partial charge in [0.2, 0.25) is 0 Å².